The van der Waals surface area contributed by atoms with Crippen LogP contribution < -0.4 is 16.4 Å². The first-order valence-corrected chi connectivity index (χ1v) is 7.96. The summed E-state index contributed by atoms with van der Waals surface area (Å²) < 4.78 is 0. The predicted molar refractivity (Wildman–Crippen MR) is 94.8 cm³/mol. The quantitative estimate of drug-likeness (QED) is 0.573. The highest BCUT2D eigenvalue weighted by atomic mass is 15.2. The van der Waals surface area contributed by atoms with Crippen molar-refractivity contribution in [3.8, 4) is 0 Å². The minimum absolute atomic E-state index is 0.473. The number of nitrogen functional groups attached to an aromatic ring is 1. The first-order chi connectivity index (χ1) is 11.7. The van der Waals surface area contributed by atoms with Gasteiger partial charge in [0.25, 0.3) is 0 Å². The molecular weight excluding hydrogens is 302 g/mol. The zero-order valence-corrected chi connectivity index (χ0v) is 13.4. The van der Waals surface area contributed by atoms with Crippen molar-refractivity contribution in [3.63, 3.8) is 0 Å². The van der Waals surface area contributed by atoms with E-state index in [4.69, 9.17) is 5.73 Å². The molecule has 0 atom stereocenters. The summed E-state index contributed by atoms with van der Waals surface area (Å²) in [6, 6.07) is 9.98. The molecule has 24 heavy (non-hydrogen) atoms. The average molecular weight is 321 g/mol. The average Bonchev–Trinajstić information content (AvgIpc) is 3.33. The van der Waals surface area contributed by atoms with E-state index in [1.54, 1.807) is 6.20 Å². The number of aromatic nitrogens is 4. The summed E-state index contributed by atoms with van der Waals surface area (Å²) in [5.41, 5.74) is 9.70. The Hall–Kier alpha value is -3.09. The summed E-state index contributed by atoms with van der Waals surface area (Å²) in [5.74, 6) is 2.35. The summed E-state index contributed by atoms with van der Waals surface area (Å²) in [5, 5.41) is 13.7. The minimum Gasteiger partial charge on any atom is -0.394 e. The predicted octanol–water partition coefficient (Wildman–Crippen LogP) is 3.45. The van der Waals surface area contributed by atoms with Gasteiger partial charge in [-0.3, -0.25) is 5.10 Å². The van der Waals surface area contributed by atoms with Crippen molar-refractivity contribution in [1.29, 1.82) is 0 Å². The molecule has 7 nitrogen and oxygen atoms in total. The number of hydrogen-bond donors (Lipinski definition) is 4. The van der Waals surface area contributed by atoms with Crippen LogP contribution in [0, 0.1) is 6.92 Å². The summed E-state index contributed by atoms with van der Waals surface area (Å²) in [6.07, 6.45) is 4.04. The molecule has 0 spiro atoms. The molecule has 7 heteroatoms. The fourth-order valence-corrected chi connectivity index (χ4v) is 2.51. The van der Waals surface area contributed by atoms with Crippen molar-refractivity contribution in [1.82, 2.24) is 20.2 Å². The lowest BCUT2D eigenvalue weighted by Gasteiger charge is -2.10. The second kappa shape index (κ2) is 5.84. The molecule has 4 rings (SSSR count). The molecule has 1 aliphatic carbocycles. The lowest BCUT2D eigenvalue weighted by atomic mass is 10.2. The molecule has 1 aromatic carbocycles. The number of para-hydroxylation sites is 1. The van der Waals surface area contributed by atoms with E-state index in [9.17, 15) is 0 Å². The number of benzene rings is 1. The van der Waals surface area contributed by atoms with Crippen molar-refractivity contribution in [2.45, 2.75) is 25.7 Å². The second-order valence-electron chi connectivity index (χ2n) is 6.05. The Labute approximate surface area is 139 Å². The number of H-pyrrole nitrogens is 1. The third kappa shape index (κ3) is 3.01. The van der Waals surface area contributed by atoms with E-state index in [0.29, 0.717) is 29.2 Å². The molecule has 2 heterocycles. The number of hydrogen-bond acceptors (Lipinski definition) is 6. The summed E-state index contributed by atoms with van der Waals surface area (Å²) >= 11 is 0. The normalized spacial score (nSPS) is 13.7. The molecule has 3 aromatic rings. The maximum atomic E-state index is 5.99. The molecule has 1 fully saturated rings. The van der Waals surface area contributed by atoms with Gasteiger partial charge in [-0.1, -0.05) is 18.2 Å². The number of anilines is 5. The van der Waals surface area contributed by atoms with E-state index in [2.05, 4.69) is 30.8 Å². The summed E-state index contributed by atoms with van der Waals surface area (Å²) in [7, 11) is 0. The van der Waals surface area contributed by atoms with Crippen LogP contribution in [0.3, 0.4) is 0 Å². The van der Waals surface area contributed by atoms with Gasteiger partial charge in [-0.05, 0) is 31.4 Å². The molecule has 0 aliphatic heterocycles. The van der Waals surface area contributed by atoms with Crippen molar-refractivity contribution >= 4 is 29.0 Å². The molecule has 0 saturated heterocycles. The van der Waals surface area contributed by atoms with Gasteiger partial charge in [0.1, 0.15) is 0 Å². The molecule has 0 radical (unpaired) electrons. The third-order valence-corrected chi connectivity index (χ3v) is 4.07. The van der Waals surface area contributed by atoms with Crippen LogP contribution in [0.2, 0.25) is 0 Å². The summed E-state index contributed by atoms with van der Waals surface area (Å²) in [4.78, 5) is 8.71. The Morgan fingerprint density at radius 3 is 2.83 bits per heavy atom. The van der Waals surface area contributed by atoms with Gasteiger partial charge in [0.15, 0.2) is 11.6 Å². The van der Waals surface area contributed by atoms with Gasteiger partial charge in [-0.25, -0.2) is 4.98 Å². The standard InChI is InChI=1S/C17H19N7/c1-10-4-2-3-5-13(10)20-17-19-9-12(18)16(22-17)21-15-8-14(23-24-15)11-6-7-11/h2-5,8-9,11H,6-7,18H2,1H3,(H3,19,20,21,22,23,24). The van der Waals surface area contributed by atoms with Crippen LogP contribution in [0.5, 0.6) is 0 Å². The number of aromatic amines is 1. The molecule has 5 N–H and O–H groups in total. The number of nitrogens with two attached hydrogens (primary N) is 1. The minimum atomic E-state index is 0.473. The molecular formula is C17H19N7. The monoisotopic (exact) mass is 321 g/mol. The molecule has 122 valence electrons. The van der Waals surface area contributed by atoms with Gasteiger partial charge < -0.3 is 16.4 Å². The van der Waals surface area contributed by atoms with E-state index in [-0.39, 0.29) is 0 Å². The SMILES string of the molecule is Cc1ccccc1Nc1ncc(N)c(Nc2cc(C3CC3)[nH]n2)n1. The van der Waals surface area contributed by atoms with Gasteiger partial charge in [0.05, 0.1) is 11.9 Å². The Kier molecular flexibility index (Phi) is 3.53. The number of nitrogens with one attached hydrogen (secondary N) is 3. The Bertz CT molecular complexity index is 867. The van der Waals surface area contributed by atoms with Gasteiger partial charge in [-0.15, -0.1) is 0 Å². The van der Waals surface area contributed by atoms with Crippen LogP contribution in [-0.4, -0.2) is 20.2 Å². The highest BCUT2D eigenvalue weighted by molar-refractivity contribution is 5.69. The van der Waals surface area contributed by atoms with Crippen LogP contribution in [0.4, 0.5) is 29.0 Å². The van der Waals surface area contributed by atoms with Gasteiger partial charge in [-0.2, -0.15) is 10.1 Å². The lowest BCUT2D eigenvalue weighted by molar-refractivity contribution is 0.966. The van der Waals surface area contributed by atoms with Gasteiger partial charge >= 0.3 is 0 Å². The Morgan fingerprint density at radius 2 is 2.04 bits per heavy atom. The zero-order valence-electron chi connectivity index (χ0n) is 13.4. The summed E-state index contributed by atoms with van der Waals surface area (Å²) in [6.45, 7) is 2.03. The largest absolute Gasteiger partial charge is 0.394 e. The molecule has 0 unspecified atom stereocenters. The van der Waals surface area contributed by atoms with Crippen molar-refractivity contribution in [2.75, 3.05) is 16.4 Å². The van der Waals surface area contributed by atoms with Crippen molar-refractivity contribution in [2.24, 2.45) is 0 Å². The maximum Gasteiger partial charge on any atom is 0.229 e. The molecule has 0 amide bonds. The third-order valence-electron chi connectivity index (χ3n) is 4.07. The highest BCUT2D eigenvalue weighted by Gasteiger charge is 2.25. The van der Waals surface area contributed by atoms with E-state index >= 15 is 0 Å². The van der Waals surface area contributed by atoms with Crippen molar-refractivity contribution < 1.29 is 0 Å². The molecule has 1 aliphatic rings. The van der Waals surface area contributed by atoms with Gasteiger partial charge in [0, 0.05) is 23.4 Å². The molecule has 0 bridgehead atoms. The Balaban J connectivity index is 1.55. The van der Waals surface area contributed by atoms with E-state index in [1.165, 1.54) is 12.8 Å². The van der Waals surface area contributed by atoms with E-state index in [0.717, 1.165) is 16.9 Å². The number of rotatable bonds is 5. The maximum absolute atomic E-state index is 5.99. The van der Waals surface area contributed by atoms with Crippen LogP contribution >= 0.6 is 0 Å². The van der Waals surface area contributed by atoms with Crippen LogP contribution in [0.25, 0.3) is 0 Å². The smallest absolute Gasteiger partial charge is 0.229 e. The Morgan fingerprint density at radius 1 is 1.21 bits per heavy atom. The van der Waals surface area contributed by atoms with E-state index < -0.39 is 0 Å². The van der Waals surface area contributed by atoms with E-state index in [1.807, 2.05) is 37.3 Å². The number of nitrogens with zero attached hydrogens (tertiary/aromatic N) is 3. The first-order valence-electron chi connectivity index (χ1n) is 7.96. The zero-order chi connectivity index (χ0) is 16.5. The second-order valence-corrected chi connectivity index (χ2v) is 6.05. The van der Waals surface area contributed by atoms with Crippen LogP contribution in [0.1, 0.15) is 30.0 Å². The molecule has 2 aromatic heterocycles. The molecule has 1 saturated carbocycles. The topological polar surface area (TPSA) is 105 Å². The fourth-order valence-electron chi connectivity index (χ4n) is 2.51. The number of aryl methyl sites for hydroxylation is 1. The van der Waals surface area contributed by atoms with Crippen LogP contribution in [-0.2, 0) is 0 Å². The lowest BCUT2D eigenvalue weighted by Crippen LogP contribution is -2.05. The van der Waals surface area contributed by atoms with Crippen molar-refractivity contribution in [3.05, 3.63) is 47.8 Å². The highest BCUT2D eigenvalue weighted by Crippen LogP contribution is 2.39. The fraction of sp³-hybridized carbons (Fsp3) is 0.235. The van der Waals surface area contributed by atoms with Gasteiger partial charge in [0.2, 0.25) is 5.95 Å². The first kappa shape index (κ1) is 14.5. The van der Waals surface area contributed by atoms with Crippen LogP contribution in [0.15, 0.2) is 36.5 Å².